The van der Waals surface area contributed by atoms with Gasteiger partial charge >= 0.3 is 0 Å². The topological polar surface area (TPSA) is 58.2 Å². The highest BCUT2D eigenvalue weighted by Crippen LogP contribution is 2.17. The fraction of sp³-hybridized carbons (Fsp3) is 0.250. The Morgan fingerprint density at radius 3 is 2.55 bits per heavy atom. The molecule has 0 bridgehead atoms. The zero-order valence-electron chi connectivity index (χ0n) is 12.3. The second-order valence-corrected chi connectivity index (χ2v) is 7.04. The third kappa shape index (κ3) is 4.42. The third-order valence-electron chi connectivity index (χ3n) is 3.07. The lowest BCUT2D eigenvalue weighted by atomic mass is 10.0. The van der Waals surface area contributed by atoms with Gasteiger partial charge in [-0.15, -0.1) is 11.3 Å². The van der Waals surface area contributed by atoms with E-state index < -0.39 is 6.04 Å². The fourth-order valence-electron chi connectivity index (χ4n) is 1.94. The van der Waals surface area contributed by atoms with Gasteiger partial charge in [-0.3, -0.25) is 9.59 Å². The Kier molecular flexibility index (Phi) is 5.74. The summed E-state index contributed by atoms with van der Waals surface area (Å²) in [6, 6.07) is 10.3. The van der Waals surface area contributed by atoms with Crippen molar-refractivity contribution in [2.75, 3.05) is 5.32 Å². The van der Waals surface area contributed by atoms with E-state index in [0.29, 0.717) is 10.6 Å². The second-order valence-electron chi connectivity index (χ2n) is 5.17. The van der Waals surface area contributed by atoms with Crippen LogP contribution in [0.25, 0.3) is 0 Å². The number of benzene rings is 1. The molecular weight excluding hydrogens is 364 g/mol. The second kappa shape index (κ2) is 7.56. The van der Waals surface area contributed by atoms with Crippen LogP contribution in [0.15, 0.2) is 46.3 Å². The Bertz CT molecular complexity index is 656. The molecule has 1 aromatic carbocycles. The number of hydrogen-bond acceptors (Lipinski definition) is 3. The van der Waals surface area contributed by atoms with Crippen molar-refractivity contribution >= 4 is 44.8 Å². The van der Waals surface area contributed by atoms with Crippen LogP contribution in [0.4, 0.5) is 5.69 Å². The van der Waals surface area contributed by atoms with Crippen LogP contribution in [0.5, 0.6) is 0 Å². The molecule has 4 nitrogen and oxygen atoms in total. The first-order chi connectivity index (χ1) is 10.5. The number of thiophene rings is 1. The number of carbonyl (C=O) groups is 2. The van der Waals surface area contributed by atoms with Crippen LogP contribution in [0.1, 0.15) is 23.5 Å². The lowest BCUT2D eigenvalue weighted by molar-refractivity contribution is -0.118. The Balaban J connectivity index is 2.07. The average Bonchev–Trinajstić information content (AvgIpc) is 2.98. The first kappa shape index (κ1) is 16.7. The molecule has 0 aliphatic rings. The number of hydrogen-bond donors (Lipinski definition) is 2. The van der Waals surface area contributed by atoms with Crippen molar-refractivity contribution in [2.45, 2.75) is 19.9 Å². The summed E-state index contributed by atoms with van der Waals surface area (Å²) in [5, 5.41) is 7.47. The molecule has 1 atom stereocenters. The summed E-state index contributed by atoms with van der Waals surface area (Å²) in [7, 11) is 0. The van der Waals surface area contributed by atoms with Gasteiger partial charge in [0.25, 0.3) is 5.91 Å². The van der Waals surface area contributed by atoms with E-state index in [1.807, 2.05) is 43.5 Å². The standard InChI is InChI=1S/C16H17BrN2O2S/c1-10(2)14(19-15(20)13-7-4-8-22-13)16(21)18-12-6-3-5-11(17)9-12/h3-10,14H,1-2H3,(H,18,21)(H,19,20)/t14-/m1/s1. The highest BCUT2D eigenvalue weighted by atomic mass is 79.9. The molecule has 0 saturated carbocycles. The maximum atomic E-state index is 12.4. The minimum atomic E-state index is -0.589. The van der Waals surface area contributed by atoms with Crippen molar-refractivity contribution in [3.05, 3.63) is 51.1 Å². The van der Waals surface area contributed by atoms with Crippen molar-refractivity contribution in [1.82, 2.24) is 5.32 Å². The van der Waals surface area contributed by atoms with Gasteiger partial charge in [0.2, 0.25) is 5.91 Å². The largest absolute Gasteiger partial charge is 0.339 e. The predicted molar refractivity (Wildman–Crippen MR) is 93.2 cm³/mol. The van der Waals surface area contributed by atoms with Crippen LogP contribution in [0.3, 0.4) is 0 Å². The lowest BCUT2D eigenvalue weighted by Crippen LogP contribution is -2.46. The van der Waals surface area contributed by atoms with Gasteiger partial charge in [0.05, 0.1) is 4.88 Å². The first-order valence-electron chi connectivity index (χ1n) is 6.88. The van der Waals surface area contributed by atoms with Crippen LogP contribution >= 0.6 is 27.3 Å². The summed E-state index contributed by atoms with van der Waals surface area (Å²) in [5.74, 6) is -0.466. The summed E-state index contributed by atoms with van der Waals surface area (Å²) >= 11 is 4.72. The van der Waals surface area contributed by atoms with Gasteiger partial charge in [-0.05, 0) is 35.6 Å². The summed E-state index contributed by atoms with van der Waals surface area (Å²) < 4.78 is 0.883. The van der Waals surface area contributed by atoms with Crippen molar-refractivity contribution in [3.8, 4) is 0 Å². The Hall–Kier alpha value is -1.66. The molecule has 6 heteroatoms. The number of halogens is 1. The lowest BCUT2D eigenvalue weighted by Gasteiger charge is -2.21. The van der Waals surface area contributed by atoms with Crippen LogP contribution in [0, 0.1) is 5.92 Å². The summed E-state index contributed by atoms with van der Waals surface area (Å²) in [6.07, 6.45) is 0. The van der Waals surface area contributed by atoms with E-state index in [-0.39, 0.29) is 17.7 Å². The van der Waals surface area contributed by atoms with Crippen LogP contribution in [0.2, 0.25) is 0 Å². The molecule has 0 saturated heterocycles. The number of nitrogens with one attached hydrogen (secondary N) is 2. The SMILES string of the molecule is CC(C)[C@@H](NC(=O)c1cccs1)C(=O)Nc1cccc(Br)c1. The summed E-state index contributed by atoms with van der Waals surface area (Å²) in [4.78, 5) is 25.2. The molecule has 2 rings (SSSR count). The van der Waals surface area contributed by atoms with E-state index in [4.69, 9.17) is 0 Å². The van der Waals surface area contributed by atoms with Gasteiger partial charge in [0.15, 0.2) is 0 Å². The zero-order valence-corrected chi connectivity index (χ0v) is 14.7. The van der Waals surface area contributed by atoms with E-state index in [0.717, 1.165) is 4.47 Å². The highest BCUT2D eigenvalue weighted by Gasteiger charge is 2.25. The van der Waals surface area contributed by atoms with Gasteiger partial charge in [-0.2, -0.15) is 0 Å². The molecule has 1 heterocycles. The van der Waals surface area contributed by atoms with Gasteiger partial charge in [-0.1, -0.05) is 41.9 Å². The van der Waals surface area contributed by atoms with Gasteiger partial charge in [0, 0.05) is 10.2 Å². The molecule has 0 radical (unpaired) electrons. The predicted octanol–water partition coefficient (Wildman–Crippen LogP) is 3.90. The van der Waals surface area contributed by atoms with Crippen LogP contribution in [-0.4, -0.2) is 17.9 Å². The van der Waals surface area contributed by atoms with Crippen molar-refractivity contribution in [3.63, 3.8) is 0 Å². The van der Waals surface area contributed by atoms with E-state index in [2.05, 4.69) is 26.6 Å². The number of carbonyl (C=O) groups excluding carboxylic acids is 2. The molecule has 0 unspecified atom stereocenters. The number of amides is 2. The van der Waals surface area contributed by atoms with Gasteiger partial charge in [0.1, 0.15) is 6.04 Å². The molecule has 0 fully saturated rings. The average molecular weight is 381 g/mol. The molecule has 2 aromatic rings. The maximum absolute atomic E-state index is 12.4. The molecule has 22 heavy (non-hydrogen) atoms. The molecule has 1 aromatic heterocycles. The molecule has 0 spiro atoms. The fourth-order valence-corrected chi connectivity index (χ4v) is 2.97. The zero-order chi connectivity index (χ0) is 16.1. The van der Waals surface area contributed by atoms with Gasteiger partial charge < -0.3 is 10.6 Å². The van der Waals surface area contributed by atoms with Crippen molar-refractivity contribution < 1.29 is 9.59 Å². The third-order valence-corrected chi connectivity index (χ3v) is 4.43. The number of rotatable bonds is 5. The van der Waals surface area contributed by atoms with Gasteiger partial charge in [-0.25, -0.2) is 0 Å². The Morgan fingerprint density at radius 1 is 1.18 bits per heavy atom. The highest BCUT2D eigenvalue weighted by molar-refractivity contribution is 9.10. The van der Waals surface area contributed by atoms with E-state index in [9.17, 15) is 9.59 Å². The first-order valence-corrected chi connectivity index (χ1v) is 8.55. The molecule has 0 aliphatic carbocycles. The molecule has 116 valence electrons. The Morgan fingerprint density at radius 2 is 1.95 bits per heavy atom. The minimum Gasteiger partial charge on any atom is -0.339 e. The monoisotopic (exact) mass is 380 g/mol. The Labute approximate surface area is 142 Å². The van der Waals surface area contributed by atoms with Crippen LogP contribution in [-0.2, 0) is 4.79 Å². The van der Waals surface area contributed by atoms with Crippen molar-refractivity contribution in [2.24, 2.45) is 5.92 Å². The summed E-state index contributed by atoms with van der Waals surface area (Å²) in [6.45, 7) is 3.81. The van der Waals surface area contributed by atoms with E-state index in [1.54, 1.807) is 12.1 Å². The normalized spacial score (nSPS) is 12.0. The molecule has 2 amide bonds. The molecule has 2 N–H and O–H groups in total. The smallest absolute Gasteiger partial charge is 0.262 e. The quantitative estimate of drug-likeness (QED) is 0.825. The summed E-state index contributed by atoms with van der Waals surface area (Å²) in [5.41, 5.74) is 0.690. The molecule has 0 aliphatic heterocycles. The number of anilines is 1. The minimum absolute atomic E-state index is 0.0175. The van der Waals surface area contributed by atoms with E-state index >= 15 is 0 Å². The maximum Gasteiger partial charge on any atom is 0.262 e. The van der Waals surface area contributed by atoms with Crippen LogP contribution < -0.4 is 10.6 Å². The van der Waals surface area contributed by atoms with E-state index in [1.165, 1.54) is 11.3 Å². The molecular formula is C16H17BrN2O2S. The van der Waals surface area contributed by atoms with Crippen molar-refractivity contribution in [1.29, 1.82) is 0 Å².